The maximum absolute atomic E-state index is 12.8. The average molecular weight is 573 g/mol. The first-order valence-electron chi connectivity index (χ1n) is 11.3. The zero-order chi connectivity index (χ0) is 23.8. The number of halogens is 3. The molecule has 2 aliphatic heterocycles. The van der Waals surface area contributed by atoms with Crippen molar-refractivity contribution in [3.8, 4) is 0 Å². The minimum atomic E-state index is -3.82. The van der Waals surface area contributed by atoms with E-state index in [0.717, 1.165) is 19.3 Å². The number of hydrogen-bond donors (Lipinski definition) is 4. The maximum atomic E-state index is 12.8. The highest BCUT2D eigenvalue weighted by Gasteiger charge is 2.42. The summed E-state index contributed by atoms with van der Waals surface area (Å²) >= 11 is 5.92. The molecule has 9 nitrogen and oxygen atoms in total. The molecule has 35 heavy (non-hydrogen) atoms. The summed E-state index contributed by atoms with van der Waals surface area (Å²) in [6, 6.07) is 4.19. The summed E-state index contributed by atoms with van der Waals surface area (Å²) in [5.74, 6) is -0.738. The first kappa shape index (κ1) is 30.1. The molecular weight excluding hydrogens is 541 g/mol. The fraction of sp³-hybridized carbons (Fsp3) is 0.636. The summed E-state index contributed by atoms with van der Waals surface area (Å²) < 4.78 is 28.2. The molecule has 0 spiro atoms. The second-order valence-electron chi connectivity index (χ2n) is 9.55. The lowest BCUT2D eigenvalue weighted by Gasteiger charge is -2.42. The standard InChI is InChI=1S/C22H30ClN3O6S.2ClH/c23-16-2-1-3-18(8-16)33(31,32)25-17-9-20(22(29)30)26(12-17)11-13-4-5-14-10-24-19(21(27)28)7-15(14)6-13;;/h1-3,8,13-15,17,19-20,24-25H,4-7,9-12H2,(H,27,28)(H,29,30);2*1H/t13-,14-,15+,17-,19-,20-;;/m0../s1. The fourth-order valence-electron chi connectivity index (χ4n) is 5.72. The van der Waals surface area contributed by atoms with Gasteiger partial charge in [0.2, 0.25) is 10.0 Å². The van der Waals surface area contributed by atoms with Crippen LogP contribution in [0, 0.1) is 17.8 Å². The van der Waals surface area contributed by atoms with Crippen molar-refractivity contribution in [2.45, 2.75) is 55.1 Å². The van der Waals surface area contributed by atoms with Crippen molar-refractivity contribution in [2.24, 2.45) is 17.8 Å². The van der Waals surface area contributed by atoms with E-state index in [-0.39, 0.29) is 42.0 Å². The molecule has 1 saturated carbocycles. The summed E-state index contributed by atoms with van der Waals surface area (Å²) in [4.78, 5) is 25.2. The van der Waals surface area contributed by atoms with Crippen molar-refractivity contribution in [3.05, 3.63) is 29.3 Å². The van der Waals surface area contributed by atoms with Gasteiger partial charge in [-0.25, -0.2) is 13.1 Å². The van der Waals surface area contributed by atoms with Crippen LogP contribution in [0.4, 0.5) is 0 Å². The van der Waals surface area contributed by atoms with Gasteiger partial charge < -0.3 is 15.5 Å². The number of carbonyl (C=O) groups is 2. The maximum Gasteiger partial charge on any atom is 0.320 e. The molecule has 4 N–H and O–H groups in total. The van der Waals surface area contributed by atoms with E-state index in [2.05, 4.69) is 10.0 Å². The molecule has 6 atom stereocenters. The molecule has 4 rings (SSSR count). The summed E-state index contributed by atoms with van der Waals surface area (Å²) in [5.41, 5.74) is 0. The van der Waals surface area contributed by atoms with Crippen LogP contribution >= 0.6 is 36.4 Å². The number of piperidine rings is 1. The van der Waals surface area contributed by atoms with E-state index in [4.69, 9.17) is 11.6 Å². The minimum absolute atomic E-state index is 0. The van der Waals surface area contributed by atoms with E-state index >= 15 is 0 Å². The van der Waals surface area contributed by atoms with Crippen molar-refractivity contribution in [1.82, 2.24) is 14.9 Å². The number of carboxylic acids is 2. The fourth-order valence-corrected chi connectivity index (χ4v) is 7.26. The van der Waals surface area contributed by atoms with Gasteiger partial charge >= 0.3 is 11.9 Å². The molecule has 1 aromatic rings. The van der Waals surface area contributed by atoms with Gasteiger partial charge in [0.05, 0.1) is 4.90 Å². The Labute approximate surface area is 222 Å². The number of benzene rings is 1. The Morgan fingerprint density at radius 3 is 2.49 bits per heavy atom. The molecule has 2 saturated heterocycles. The Bertz CT molecular complexity index is 1010. The van der Waals surface area contributed by atoms with E-state index in [1.54, 1.807) is 12.1 Å². The largest absolute Gasteiger partial charge is 0.480 e. The van der Waals surface area contributed by atoms with Gasteiger partial charge in [0, 0.05) is 24.2 Å². The molecule has 0 bridgehead atoms. The van der Waals surface area contributed by atoms with Crippen LogP contribution in [0.1, 0.15) is 32.1 Å². The Kier molecular flexibility index (Phi) is 10.7. The zero-order valence-electron chi connectivity index (χ0n) is 19.0. The highest BCUT2D eigenvalue weighted by Crippen LogP contribution is 2.39. The average Bonchev–Trinajstić information content (AvgIpc) is 3.14. The number of sulfonamides is 1. The van der Waals surface area contributed by atoms with E-state index in [1.807, 2.05) is 4.90 Å². The summed E-state index contributed by atoms with van der Waals surface area (Å²) in [6.45, 7) is 1.60. The van der Waals surface area contributed by atoms with Crippen LogP contribution in [0.2, 0.25) is 5.02 Å². The topological polar surface area (TPSA) is 136 Å². The Balaban J connectivity index is 0.00000216. The zero-order valence-corrected chi connectivity index (χ0v) is 22.2. The molecule has 1 aromatic carbocycles. The quantitative estimate of drug-likeness (QED) is 0.391. The highest BCUT2D eigenvalue weighted by atomic mass is 35.5. The first-order chi connectivity index (χ1) is 15.6. The number of nitrogens with one attached hydrogen (secondary N) is 2. The number of carboxylic acid groups (broad SMARTS) is 2. The van der Waals surface area contributed by atoms with Gasteiger partial charge in [-0.2, -0.15) is 0 Å². The van der Waals surface area contributed by atoms with Crippen LogP contribution in [-0.2, 0) is 19.6 Å². The summed E-state index contributed by atoms with van der Waals surface area (Å²) in [5, 5.41) is 22.5. The number of likely N-dealkylation sites (tertiary alicyclic amines) is 1. The van der Waals surface area contributed by atoms with E-state index in [0.29, 0.717) is 42.9 Å². The van der Waals surface area contributed by atoms with Crippen LogP contribution in [-0.4, -0.2) is 73.2 Å². The van der Waals surface area contributed by atoms with Crippen molar-refractivity contribution in [1.29, 1.82) is 0 Å². The number of hydrogen-bond acceptors (Lipinski definition) is 6. The van der Waals surface area contributed by atoms with Gasteiger partial charge in [0.1, 0.15) is 12.1 Å². The van der Waals surface area contributed by atoms with Crippen molar-refractivity contribution >= 4 is 58.4 Å². The van der Waals surface area contributed by atoms with Gasteiger partial charge in [-0.3, -0.25) is 14.5 Å². The second kappa shape index (κ2) is 12.4. The minimum Gasteiger partial charge on any atom is -0.480 e. The van der Waals surface area contributed by atoms with Crippen LogP contribution in [0.3, 0.4) is 0 Å². The number of rotatable bonds is 7. The Morgan fingerprint density at radius 2 is 1.83 bits per heavy atom. The lowest BCUT2D eigenvalue weighted by Crippen LogP contribution is -2.50. The highest BCUT2D eigenvalue weighted by molar-refractivity contribution is 7.89. The van der Waals surface area contributed by atoms with Crippen molar-refractivity contribution in [2.75, 3.05) is 19.6 Å². The molecule has 0 amide bonds. The van der Waals surface area contributed by atoms with Gasteiger partial charge in [-0.05, 0) is 74.6 Å². The number of nitrogens with zero attached hydrogens (tertiary/aromatic N) is 1. The normalized spacial score (nSPS) is 31.0. The monoisotopic (exact) mass is 571 g/mol. The molecule has 0 unspecified atom stereocenters. The van der Waals surface area contributed by atoms with Crippen LogP contribution in [0.15, 0.2) is 29.2 Å². The lowest BCUT2D eigenvalue weighted by atomic mass is 9.69. The SMILES string of the molecule is Cl.Cl.O=C(O)[C@@H]1C[C@H]2C[C@@H](CN3C[C@@H](NS(=O)(=O)c4cccc(Cl)c4)C[C@H]3C(=O)O)CC[C@H]2CN1. The number of aliphatic carboxylic acids is 2. The van der Waals surface area contributed by atoms with Crippen LogP contribution in [0.5, 0.6) is 0 Å². The third-order valence-corrected chi connectivity index (χ3v) is 9.07. The predicted molar refractivity (Wildman–Crippen MR) is 136 cm³/mol. The molecular formula is C22H32Cl3N3O6S. The second-order valence-corrected chi connectivity index (χ2v) is 11.7. The molecule has 1 aliphatic carbocycles. The van der Waals surface area contributed by atoms with Gasteiger partial charge in [0.15, 0.2) is 0 Å². The number of fused-ring (bicyclic) bond motifs is 1. The van der Waals surface area contributed by atoms with Crippen LogP contribution < -0.4 is 10.0 Å². The molecule has 3 aliphatic rings. The smallest absolute Gasteiger partial charge is 0.320 e. The first-order valence-corrected chi connectivity index (χ1v) is 13.2. The van der Waals surface area contributed by atoms with Crippen molar-refractivity contribution < 1.29 is 28.2 Å². The molecule has 3 fully saturated rings. The third kappa shape index (κ3) is 7.21. The van der Waals surface area contributed by atoms with E-state index in [1.165, 1.54) is 12.1 Å². The van der Waals surface area contributed by atoms with E-state index < -0.39 is 40.1 Å². The summed E-state index contributed by atoms with van der Waals surface area (Å²) in [6.07, 6.45) is 3.62. The predicted octanol–water partition coefficient (Wildman–Crippen LogP) is 2.47. The molecule has 0 aromatic heterocycles. The molecule has 13 heteroatoms. The Morgan fingerprint density at radius 1 is 1.09 bits per heavy atom. The molecule has 198 valence electrons. The van der Waals surface area contributed by atoms with Gasteiger partial charge in [0.25, 0.3) is 0 Å². The van der Waals surface area contributed by atoms with Gasteiger partial charge in [-0.15, -0.1) is 24.8 Å². The Hall–Kier alpha value is -1.14. The van der Waals surface area contributed by atoms with E-state index in [9.17, 15) is 28.2 Å². The lowest BCUT2D eigenvalue weighted by molar-refractivity contribution is -0.143. The van der Waals surface area contributed by atoms with Crippen molar-refractivity contribution in [3.63, 3.8) is 0 Å². The van der Waals surface area contributed by atoms with Gasteiger partial charge in [-0.1, -0.05) is 17.7 Å². The third-order valence-electron chi connectivity index (χ3n) is 7.32. The summed E-state index contributed by atoms with van der Waals surface area (Å²) in [7, 11) is -3.82. The molecule has 0 radical (unpaired) electrons. The van der Waals surface area contributed by atoms with Crippen LogP contribution in [0.25, 0.3) is 0 Å². The molecule has 2 heterocycles.